The van der Waals surface area contributed by atoms with Gasteiger partial charge in [-0.3, -0.25) is 0 Å². The summed E-state index contributed by atoms with van der Waals surface area (Å²) in [4.78, 5) is 27.6. The SMILES string of the molecule is CN1C(=O)N(Cc2ccccc2C(F)(F)F)C[C@@H]1CCOc1ccc(C[C@](C)(Oc2ccccc2)C(=O)O)cc1. The zero-order valence-electron chi connectivity index (χ0n) is 22.2. The first-order chi connectivity index (χ1) is 19.0. The van der Waals surface area contributed by atoms with Crippen LogP contribution in [0.2, 0.25) is 0 Å². The molecule has 0 saturated carbocycles. The van der Waals surface area contributed by atoms with E-state index >= 15 is 0 Å². The van der Waals surface area contributed by atoms with Crippen LogP contribution >= 0.6 is 0 Å². The monoisotopic (exact) mass is 556 g/mol. The number of carbonyl (C=O) groups excluding carboxylic acids is 1. The number of carboxylic acid groups (broad SMARTS) is 1. The molecular weight excluding hydrogens is 525 g/mol. The molecular formula is C30H31F3N2O5. The van der Waals surface area contributed by atoms with Gasteiger partial charge in [0, 0.05) is 33.0 Å². The topological polar surface area (TPSA) is 79.3 Å². The van der Waals surface area contributed by atoms with E-state index in [0.717, 1.165) is 11.6 Å². The van der Waals surface area contributed by atoms with Crippen LogP contribution in [0.15, 0.2) is 78.9 Å². The lowest BCUT2D eigenvalue weighted by Gasteiger charge is -2.26. The highest BCUT2D eigenvalue weighted by molar-refractivity contribution is 5.78. The van der Waals surface area contributed by atoms with Gasteiger partial charge < -0.3 is 24.4 Å². The number of likely N-dealkylation sites (N-methyl/N-ethyl adjacent to an activating group) is 1. The highest BCUT2D eigenvalue weighted by Gasteiger charge is 2.38. The van der Waals surface area contributed by atoms with Gasteiger partial charge in [0.2, 0.25) is 5.60 Å². The summed E-state index contributed by atoms with van der Waals surface area (Å²) in [7, 11) is 1.63. The number of hydrogen-bond acceptors (Lipinski definition) is 4. The smallest absolute Gasteiger partial charge is 0.416 e. The van der Waals surface area contributed by atoms with Gasteiger partial charge in [-0.25, -0.2) is 9.59 Å². The zero-order valence-corrected chi connectivity index (χ0v) is 22.2. The molecule has 212 valence electrons. The van der Waals surface area contributed by atoms with E-state index in [0.29, 0.717) is 31.1 Å². The lowest BCUT2D eigenvalue weighted by Crippen LogP contribution is -2.43. The maximum absolute atomic E-state index is 13.4. The Labute approximate surface area is 230 Å². The summed E-state index contributed by atoms with van der Waals surface area (Å²) in [5, 5.41) is 9.79. The number of ether oxygens (including phenoxy) is 2. The number of para-hydroxylation sites is 1. The van der Waals surface area contributed by atoms with E-state index < -0.39 is 23.3 Å². The highest BCUT2D eigenvalue weighted by Crippen LogP contribution is 2.33. The fourth-order valence-corrected chi connectivity index (χ4v) is 4.70. The summed E-state index contributed by atoms with van der Waals surface area (Å²) in [6.07, 6.45) is -3.86. The van der Waals surface area contributed by atoms with Crippen LogP contribution < -0.4 is 9.47 Å². The average molecular weight is 557 g/mol. The molecule has 1 aliphatic heterocycles. The second-order valence-electron chi connectivity index (χ2n) is 9.99. The zero-order chi connectivity index (χ0) is 28.9. The number of hydrogen-bond donors (Lipinski definition) is 1. The van der Waals surface area contributed by atoms with E-state index in [1.807, 2.05) is 6.07 Å². The molecule has 40 heavy (non-hydrogen) atoms. The standard InChI is InChI=1S/C30H31F3N2O5/c1-29(27(36)37,40-25-9-4-3-5-10-25)18-21-12-14-24(15-13-21)39-17-16-23-20-35(28(38)34(23)2)19-22-8-6-7-11-26(22)30(31,32)33/h3-15,23H,16-20H2,1-2H3,(H,36,37)/t23-,29-/m0/s1. The van der Waals surface area contributed by atoms with Crippen molar-refractivity contribution in [2.75, 3.05) is 20.2 Å². The fraction of sp³-hybridized carbons (Fsp3) is 0.333. The van der Waals surface area contributed by atoms with Gasteiger partial charge in [-0.1, -0.05) is 48.5 Å². The van der Waals surface area contributed by atoms with Crippen molar-refractivity contribution in [3.8, 4) is 11.5 Å². The van der Waals surface area contributed by atoms with Gasteiger partial charge in [0.1, 0.15) is 11.5 Å². The van der Waals surface area contributed by atoms with Crippen LogP contribution in [-0.2, 0) is 23.9 Å². The Kier molecular flexibility index (Phi) is 8.56. The van der Waals surface area contributed by atoms with E-state index in [-0.39, 0.29) is 30.6 Å². The van der Waals surface area contributed by atoms with Gasteiger partial charge in [0.05, 0.1) is 18.2 Å². The molecule has 10 heteroatoms. The number of carbonyl (C=O) groups is 2. The first-order valence-corrected chi connectivity index (χ1v) is 12.8. The number of carboxylic acids is 1. The summed E-state index contributed by atoms with van der Waals surface area (Å²) in [6.45, 7) is 1.98. The van der Waals surface area contributed by atoms with Gasteiger partial charge in [0.25, 0.3) is 0 Å². The highest BCUT2D eigenvalue weighted by atomic mass is 19.4. The van der Waals surface area contributed by atoms with Crippen molar-refractivity contribution < 1.29 is 37.3 Å². The van der Waals surface area contributed by atoms with Gasteiger partial charge in [-0.15, -0.1) is 0 Å². The lowest BCUT2D eigenvalue weighted by molar-refractivity contribution is -0.153. The Balaban J connectivity index is 1.30. The van der Waals surface area contributed by atoms with Crippen LogP contribution in [0.3, 0.4) is 0 Å². The van der Waals surface area contributed by atoms with Crippen LogP contribution in [0.5, 0.6) is 11.5 Å². The van der Waals surface area contributed by atoms with E-state index in [1.54, 1.807) is 55.6 Å². The molecule has 1 fully saturated rings. The Morgan fingerprint density at radius 1 is 0.975 bits per heavy atom. The van der Waals surface area contributed by atoms with E-state index in [4.69, 9.17) is 9.47 Å². The molecule has 2 amide bonds. The van der Waals surface area contributed by atoms with E-state index in [2.05, 4.69) is 0 Å². The van der Waals surface area contributed by atoms with Crippen molar-refractivity contribution in [1.82, 2.24) is 9.80 Å². The Hall–Kier alpha value is -4.21. The molecule has 0 unspecified atom stereocenters. The second kappa shape index (κ2) is 11.9. The quantitative estimate of drug-likeness (QED) is 0.319. The number of alkyl halides is 3. The molecule has 0 bridgehead atoms. The fourth-order valence-electron chi connectivity index (χ4n) is 4.70. The van der Waals surface area contributed by atoms with Crippen molar-refractivity contribution in [2.45, 2.75) is 44.1 Å². The number of halogens is 3. The van der Waals surface area contributed by atoms with Crippen LogP contribution in [-0.4, -0.2) is 58.7 Å². The number of benzene rings is 3. The Morgan fingerprint density at radius 3 is 2.27 bits per heavy atom. The van der Waals surface area contributed by atoms with Gasteiger partial charge in [0.15, 0.2) is 0 Å². The predicted molar refractivity (Wildman–Crippen MR) is 142 cm³/mol. The molecule has 0 radical (unpaired) electrons. The van der Waals surface area contributed by atoms with Gasteiger partial charge >= 0.3 is 18.2 Å². The first-order valence-electron chi connectivity index (χ1n) is 12.8. The van der Waals surface area contributed by atoms with Crippen LogP contribution in [0.1, 0.15) is 30.0 Å². The van der Waals surface area contributed by atoms with Gasteiger partial charge in [-0.05, 0) is 48.4 Å². The third kappa shape index (κ3) is 6.86. The summed E-state index contributed by atoms with van der Waals surface area (Å²) in [6, 6.07) is 20.5. The summed E-state index contributed by atoms with van der Waals surface area (Å²) >= 11 is 0. The van der Waals surface area contributed by atoms with Gasteiger partial charge in [-0.2, -0.15) is 13.2 Å². The molecule has 4 rings (SSSR count). The van der Waals surface area contributed by atoms with E-state index in [9.17, 15) is 27.9 Å². The predicted octanol–water partition coefficient (Wildman–Crippen LogP) is 5.88. The summed E-state index contributed by atoms with van der Waals surface area (Å²) in [5.74, 6) is -0.0404. The summed E-state index contributed by atoms with van der Waals surface area (Å²) < 4.78 is 51.7. The summed E-state index contributed by atoms with van der Waals surface area (Å²) in [5.41, 5.74) is -1.39. The van der Waals surface area contributed by atoms with Crippen molar-refractivity contribution in [3.05, 3.63) is 95.6 Å². The molecule has 2 atom stereocenters. The van der Waals surface area contributed by atoms with Crippen molar-refractivity contribution >= 4 is 12.0 Å². The molecule has 7 nitrogen and oxygen atoms in total. The third-order valence-electron chi connectivity index (χ3n) is 6.96. The Morgan fingerprint density at radius 2 is 1.62 bits per heavy atom. The van der Waals surface area contributed by atoms with Crippen LogP contribution in [0.25, 0.3) is 0 Å². The molecule has 3 aromatic carbocycles. The minimum atomic E-state index is -4.49. The molecule has 1 saturated heterocycles. The maximum Gasteiger partial charge on any atom is 0.416 e. The second-order valence-corrected chi connectivity index (χ2v) is 9.99. The number of nitrogens with zero attached hydrogens (tertiary/aromatic N) is 2. The lowest BCUT2D eigenvalue weighted by atomic mass is 9.96. The molecule has 0 spiro atoms. The third-order valence-corrected chi connectivity index (χ3v) is 6.96. The largest absolute Gasteiger partial charge is 0.494 e. The number of amides is 2. The first kappa shape index (κ1) is 28.8. The van der Waals surface area contributed by atoms with Crippen molar-refractivity contribution in [3.63, 3.8) is 0 Å². The average Bonchev–Trinajstić information content (AvgIpc) is 3.17. The molecule has 0 aliphatic carbocycles. The van der Waals surface area contributed by atoms with E-state index in [1.165, 1.54) is 34.9 Å². The Bertz CT molecular complexity index is 1320. The molecule has 1 N–H and O–H groups in total. The number of urea groups is 1. The van der Waals surface area contributed by atoms with Crippen LogP contribution in [0.4, 0.5) is 18.0 Å². The normalized spacial score (nSPS) is 17.0. The minimum absolute atomic E-state index is 0.0573. The van der Waals surface area contributed by atoms with Crippen molar-refractivity contribution in [1.29, 1.82) is 0 Å². The molecule has 3 aromatic rings. The molecule has 1 heterocycles. The number of rotatable bonds is 11. The maximum atomic E-state index is 13.4. The van der Waals surface area contributed by atoms with Crippen molar-refractivity contribution in [2.24, 2.45) is 0 Å². The van der Waals surface area contributed by atoms with Crippen LogP contribution in [0, 0.1) is 0 Å². The minimum Gasteiger partial charge on any atom is -0.494 e. The number of aliphatic carboxylic acids is 1. The molecule has 0 aromatic heterocycles. The molecule has 1 aliphatic rings.